The second kappa shape index (κ2) is 20.9. The highest BCUT2D eigenvalue weighted by atomic mass is 35.5. The number of ketones is 1. The summed E-state index contributed by atoms with van der Waals surface area (Å²) < 4.78 is 15.1. The molecule has 5 aliphatic rings. The number of halogens is 2. The summed E-state index contributed by atoms with van der Waals surface area (Å²) in [4.78, 5) is 31.9. The molecule has 12 nitrogen and oxygen atoms in total. The van der Waals surface area contributed by atoms with Gasteiger partial charge in [0.15, 0.2) is 5.78 Å². The molecular formula is C58H74Cl2N8O4. The van der Waals surface area contributed by atoms with Crippen LogP contribution in [-0.4, -0.2) is 149 Å². The van der Waals surface area contributed by atoms with Gasteiger partial charge >= 0.3 is 0 Å². The highest BCUT2D eigenvalue weighted by Gasteiger charge is 2.77. The maximum Gasteiger partial charge on any atom is 0.153 e. The van der Waals surface area contributed by atoms with Crippen molar-refractivity contribution in [1.82, 2.24) is 39.8 Å². The van der Waals surface area contributed by atoms with Gasteiger partial charge in [0.05, 0.1) is 42.5 Å². The molecule has 1 saturated carbocycles. The number of carbonyl (C=O) groups is 1. The number of nitrogens with zero attached hydrogens (tertiary/aromatic N) is 6. The van der Waals surface area contributed by atoms with Crippen molar-refractivity contribution < 1.29 is 19.4 Å². The van der Waals surface area contributed by atoms with Gasteiger partial charge in [-0.1, -0.05) is 78.7 Å². The molecular weight excluding hydrogens is 944 g/mol. The number of Topliss-reactive ketones (excluding diaryl/α,β-unsaturated/α-hetero) is 1. The molecule has 4 aliphatic heterocycles. The Labute approximate surface area is 437 Å². The summed E-state index contributed by atoms with van der Waals surface area (Å²) in [5, 5.41) is 21.9. The average molecular weight is 1020 g/mol. The molecule has 0 amide bonds. The predicted octanol–water partition coefficient (Wildman–Crippen LogP) is 7.97. The third kappa shape index (κ3) is 8.85. The molecule has 14 heteroatoms. The van der Waals surface area contributed by atoms with E-state index in [1.54, 1.807) is 7.11 Å². The molecule has 1 aliphatic carbocycles. The van der Waals surface area contributed by atoms with Crippen LogP contribution in [0.25, 0.3) is 11.3 Å². The van der Waals surface area contributed by atoms with E-state index in [2.05, 4.69) is 130 Å². The Bertz CT molecular complexity index is 2690. The zero-order valence-electron chi connectivity index (χ0n) is 43.3. The minimum atomic E-state index is -0.933. The lowest BCUT2D eigenvalue weighted by atomic mass is 9.54. The Morgan fingerprint density at radius 1 is 0.889 bits per heavy atom. The zero-order chi connectivity index (χ0) is 50.6. The number of carbonyl (C=O) groups excluding carboxylic acids is 1. The van der Waals surface area contributed by atoms with Crippen molar-refractivity contribution in [2.75, 3.05) is 55.1 Å². The number of aliphatic hydroxyl groups is 1. The quantitative estimate of drug-likeness (QED) is 0.0951. The molecule has 3 N–H and O–H groups in total. The molecule has 4 aromatic carbocycles. The molecule has 10 rings (SSSR count). The van der Waals surface area contributed by atoms with Gasteiger partial charge in [0.2, 0.25) is 0 Å². The maximum absolute atomic E-state index is 17.5. The molecule has 1 spiro atoms. The number of aromatic nitrogens is 2. The van der Waals surface area contributed by atoms with Crippen molar-refractivity contribution in [3.05, 3.63) is 136 Å². The van der Waals surface area contributed by atoms with Crippen LogP contribution in [-0.2, 0) is 42.5 Å². The van der Waals surface area contributed by atoms with Gasteiger partial charge in [0.25, 0.3) is 0 Å². The van der Waals surface area contributed by atoms with Crippen molar-refractivity contribution in [1.29, 1.82) is 0 Å². The van der Waals surface area contributed by atoms with Crippen LogP contribution in [0, 0.1) is 16.7 Å². The van der Waals surface area contributed by atoms with Gasteiger partial charge in [0, 0.05) is 103 Å². The topological polar surface area (TPSA) is 111 Å². The van der Waals surface area contributed by atoms with Gasteiger partial charge in [-0.25, -0.2) is 4.98 Å². The Morgan fingerprint density at radius 2 is 1.61 bits per heavy atom. The number of piperidine rings is 1. The van der Waals surface area contributed by atoms with E-state index in [1.165, 1.54) is 11.1 Å². The van der Waals surface area contributed by atoms with E-state index in [0.717, 1.165) is 66.4 Å². The van der Waals surface area contributed by atoms with Gasteiger partial charge in [-0.2, -0.15) is 0 Å². The lowest BCUT2D eigenvalue weighted by Crippen LogP contribution is -2.74. The summed E-state index contributed by atoms with van der Waals surface area (Å²) in [6.07, 6.45) is 5.80. The Balaban J connectivity index is 1.10. The van der Waals surface area contributed by atoms with Crippen molar-refractivity contribution in [3.8, 4) is 22.8 Å². The molecule has 1 aromatic heterocycles. The van der Waals surface area contributed by atoms with Crippen LogP contribution in [0.3, 0.4) is 0 Å². The van der Waals surface area contributed by atoms with Crippen LogP contribution in [0.4, 0.5) is 0 Å². The van der Waals surface area contributed by atoms with Crippen molar-refractivity contribution in [2.45, 2.75) is 113 Å². The number of nitrogens with one attached hydrogen (secondary N) is 2. The monoisotopic (exact) mass is 1020 g/mol. The fraction of sp³-hybridized carbons (Fsp3) is 0.517. The van der Waals surface area contributed by atoms with Gasteiger partial charge < -0.3 is 34.7 Å². The maximum atomic E-state index is 17.5. The molecule has 5 heterocycles. The van der Waals surface area contributed by atoms with Gasteiger partial charge in [-0.05, 0) is 133 Å². The molecule has 0 radical (unpaired) electrons. The fourth-order valence-corrected chi connectivity index (χ4v) is 15.0. The Hall–Kier alpha value is -4.18. The molecule has 5 aromatic rings. The normalized spacial score (nSPS) is 31.8. The molecule has 384 valence electrons. The van der Waals surface area contributed by atoms with E-state index in [-0.39, 0.29) is 54.8 Å². The van der Waals surface area contributed by atoms with Crippen molar-refractivity contribution in [3.63, 3.8) is 0 Å². The van der Waals surface area contributed by atoms with Crippen LogP contribution in [0.15, 0.2) is 103 Å². The fourth-order valence-electron chi connectivity index (χ4n) is 14.7. The average Bonchev–Trinajstić information content (AvgIpc) is 4.01. The highest BCUT2D eigenvalue weighted by Crippen LogP contribution is 2.63. The number of benzene rings is 4. The van der Waals surface area contributed by atoms with E-state index in [9.17, 15) is 5.11 Å². The smallest absolute Gasteiger partial charge is 0.153 e. The number of likely N-dealkylation sites (tertiary alicyclic amines) is 2. The number of likely N-dealkylation sites (N-methyl/N-ethyl adjacent to an activating group) is 2. The summed E-state index contributed by atoms with van der Waals surface area (Å²) >= 11 is 13.3. The van der Waals surface area contributed by atoms with Crippen LogP contribution in [0.5, 0.6) is 11.5 Å². The highest BCUT2D eigenvalue weighted by molar-refractivity contribution is 6.31. The number of hydrogen-bond donors (Lipinski definition) is 3. The second-order valence-corrected chi connectivity index (χ2v) is 22.8. The summed E-state index contributed by atoms with van der Waals surface area (Å²) in [5.74, 6) is 2.80. The lowest BCUT2D eigenvalue weighted by molar-refractivity contribution is -0.154. The molecule has 7 unspecified atom stereocenters. The molecule has 4 saturated heterocycles. The third-order valence-corrected chi connectivity index (χ3v) is 18.4. The van der Waals surface area contributed by atoms with Crippen LogP contribution >= 0.6 is 23.2 Å². The zero-order valence-corrected chi connectivity index (χ0v) is 44.8. The summed E-state index contributed by atoms with van der Waals surface area (Å²) in [5.41, 5.74) is 3.74. The third-order valence-electron chi connectivity index (χ3n) is 17.9. The number of methoxy groups -OCH3 is 1. The number of hydrogen-bond acceptors (Lipinski definition) is 11. The molecule has 5 fully saturated rings. The lowest BCUT2D eigenvalue weighted by Gasteiger charge is -2.57. The number of rotatable bonds is 15. The first-order chi connectivity index (χ1) is 34.7. The van der Waals surface area contributed by atoms with Gasteiger partial charge in [-0.15, -0.1) is 0 Å². The van der Waals surface area contributed by atoms with E-state index in [1.807, 2.05) is 56.7 Å². The number of aliphatic hydroxyl groups excluding tert-OH is 1. The standard InChI is InChI=1S/C58H74Cl2N8O4/c1-9-57-51-27-41(25-37-13-11-10-12-14-37)54(57)65(5)36(2)30-61-50-29-44(26-38-15-20-42(59)21-16-38)66(6)55-46(35-71-8)63-53(58(50,55)56(57)70)48(34-69)68(51)32-40-17-22-43(60)28-49(40)72-45-23-18-39(19-24-45)47-31-62-52(67(47)7)33-64(3)4/h10-24,28,31,36,41,44,46,48,50-51,53-55,61,63,69H,9,25-27,29-30,32-35H2,1-8H3/t36-,41+,44-,46+,48+,50?,51?,53?,54?,55?,57?,58?/m0/s1. The molecule has 12 atom stereocenters. The van der Waals surface area contributed by atoms with Crippen molar-refractivity contribution >= 4 is 29.0 Å². The Morgan fingerprint density at radius 3 is 2.31 bits per heavy atom. The molecule has 2 bridgehead atoms. The number of ether oxygens (including phenoxy) is 2. The Kier molecular flexibility index (Phi) is 14.9. The van der Waals surface area contributed by atoms with Crippen LogP contribution < -0.4 is 15.4 Å². The minimum Gasteiger partial charge on any atom is -0.457 e. The minimum absolute atomic E-state index is 0.0808. The van der Waals surface area contributed by atoms with E-state index >= 15 is 4.79 Å². The van der Waals surface area contributed by atoms with Crippen molar-refractivity contribution in [2.24, 2.45) is 23.8 Å². The van der Waals surface area contributed by atoms with E-state index in [4.69, 9.17) is 37.7 Å². The first-order valence-electron chi connectivity index (χ1n) is 26.1. The SMILES string of the molecule is CCC12C(=O)C34C5C[C@H](Cc6ccc(Cl)cc6)N(C)C3[C@@H](COC)NC4[C@@H](CO)N(Cc3ccc(Cl)cc3Oc3ccc(-c4cnc(CN(C)C)n4C)cc3)C1C[C@@H](Cc1ccccc1)C2N(C)[C@@H](C)CN5. The van der Waals surface area contributed by atoms with E-state index < -0.39 is 22.9 Å². The largest absolute Gasteiger partial charge is 0.457 e. The first-order valence-corrected chi connectivity index (χ1v) is 26.8. The summed E-state index contributed by atoms with van der Waals surface area (Å²) in [6, 6.07) is 31.6. The second-order valence-electron chi connectivity index (χ2n) is 22.0. The molecule has 72 heavy (non-hydrogen) atoms. The summed E-state index contributed by atoms with van der Waals surface area (Å²) in [7, 11) is 12.4. The van der Waals surface area contributed by atoms with E-state index in [0.29, 0.717) is 41.9 Å². The first kappa shape index (κ1) is 51.3. The van der Waals surface area contributed by atoms with Gasteiger partial charge in [0.1, 0.15) is 17.3 Å². The predicted molar refractivity (Wildman–Crippen MR) is 287 cm³/mol. The number of imidazole rings is 1. The summed E-state index contributed by atoms with van der Waals surface area (Å²) in [6.45, 7) is 6.79. The van der Waals surface area contributed by atoms with Gasteiger partial charge in [-0.3, -0.25) is 19.5 Å². The van der Waals surface area contributed by atoms with Crippen LogP contribution in [0.1, 0.15) is 55.6 Å². The van der Waals surface area contributed by atoms with Crippen LogP contribution in [0.2, 0.25) is 10.0 Å².